The second-order valence-electron chi connectivity index (χ2n) is 7.03. The van der Waals surface area contributed by atoms with Crippen LogP contribution in [-0.2, 0) is 22.5 Å². The highest BCUT2D eigenvalue weighted by Gasteiger charge is 2.12. The number of hydrogen-bond donors (Lipinski definition) is 1. The minimum Gasteiger partial charge on any atom is -0.466 e. The zero-order chi connectivity index (χ0) is 22.5. The predicted molar refractivity (Wildman–Crippen MR) is 112 cm³/mol. The standard InChI is InChI=1S/C22H19FN4O5/c23-15-8-6-14(7-9-15)20-25-18(32-26-20)10-11-19(28)31-13-3-12-27-21(29)16-4-1-2-5-17(16)24-22(27)30/h1-2,4-9H,3,10-13H2,(H,24,30). The van der Waals surface area contributed by atoms with E-state index in [0.29, 0.717) is 28.7 Å². The molecule has 4 rings (SSSR count). The van der Waals surface area contributed by atoms with Crippen LogP contribution in [0, 0.1) is 5.82 Å². The number of aryl methyl sites for hydroxylation is 1. The van der Waals surface area contributed by atoms with Gasteiger partial charge in [0.1, 0.15) is 5.82 Å². The second kappa shape index (κ2) is 9.38. The molecule has 2 heterocycles. The smallest absolute Gasteiger partial charge is 0.328 e. The normalized spacial score (nSPS) is 11.0. The number of aromatic amines is 1. The molecular weight excluding hydrogens is 419 g/mol. The number of fused-ring (bicyclic) bond motifs is 1. The van der Waals surface area contributed by atoms with Gasteiger partial charge in [0.25, 0.3) is 5.56 Å². The molecule has 2 aromatic heterocycles. The monoisotopic (exact) mass is 438 g/mol. The fourth-order valence-corrected chi connectivity index (χ4v) is 3.16. The SMILES string of the molecule is O=C(CCc1nc(-c2ccc(F)cc2)no1)OCCCn1c(=O)[nH]c2ccccc2c1=O. The molecule has 0 amide bonds. The summed E-state index contributed by atoms with van der Waals surface area (Å²) in [5.74, 6) is -0.267. The molecule has 0 spiro atoms. The van der Waals surface area contributed by atoms with Crippen molar-refractivity contribution in [2.45, 2.75) is 25.8 Å². The van der Waals surface area contributed by atoms with Gasteiger partial charge in [-0.2, -0.15) is 4.98 Å². The second-order valence-corrected chi connectivity index (χ2v) is 7.03. The average Bonchev–Trinajstić information content (AvgIpc) is 3.26. The number of esters is 1. The molecule has 1 N–H and O–H groups in total. The zero-order valence-electron chi connectivity index (χ0n) is 16.9. The Morgan fingerprint density at radius 3 is 2.72 bits per heavy atom. The van der Waals surface area contributed by atoms with Crippen molar-refractivity contribution in [3.05, 3.63) is 81.1 Å². The molecule has 4 aromatic rings. The summed E-state index contributed by atoms with van der Waals surface area (Å²) in [5.41, 5.74) is 0.189. The summed E-state index contributed by atoms with van der Waals surface area (Å²) in [6.07, 6.45) is 0.528. The Bertz CT molecular complexity index is 1360. The van der Waals surface area contributed by atoms with Gasteiger partial charge >= 0.3 is 11.7 Å². The molecule has 32 heavy (non-hydrogen) atoms. The van der Waals surface area contributed by atoms with Gasteiger partial charge in [0, 0.05) is 18.5 Å². The minimum atomic E-state index is -0.506. The first-order valence-electron chi connectivity index (χ1n) is 9.97. The summed E-state index contributed by atoms with van der Waals surface area (Å²) in [4.78, 5) is 43.4. The summed E-state index contributed by atoms with van der Waals surface area (Å²) in [6, 6.07) is 12.4. The Kier molecular flexibility index (Phi) is 6.20. The molecule has 0 aliphatic heterocycles. The van der Waals surface area contributed by atoms with E-state index in [2.05, 4.69) is 15.1 Å². The van der Waals surface area contributed by atoms with Gasteiger partial charge in [-0.3, -0.25) is 14.2 Å². The van der Waals surface area contributed by atoms with Crippen LogP contribution in [0.2, 0.25) is 0 Å². The maximum Gasteiger partial charge on any atom is 0.328 e. The number of rotatable bonds is 8. The van der Waals surface area contributed by atoms with Crippen LogP contribution in [0.15, 0.2) is 62.6 Å². The van der Waals surface area contributed by atoms with Crippen LogP contribution in [0.1, 0.15) is 18.7 Å². The lowest BCUT2D eigenvalue weighted by molar-refractivity contribution is -0.143. The van der Waals surface area contributed by atoms with Crippen LogP contribution in [-0.4, -0.2) is 32.3 Å². The Morgan fingerprint density at radius 1 is 1.12 bits per heavy atom. The van der Waals surface area contributed by atoms with Crippen LogP contribution >= 0.6 is 0 Å². The van der Waals surface area contributed by atoms with Crippen molar-refractivity contribution in [2.24, 2.45) is 0 Å². The molecule has 0 radical (unpaired) electrons. The van der Waals surface area contributed by atoms with Gasteiger partial charge in [-0.05, 0) is 42.8 Å². The van der Waals surface area contributed by atoms with E-state index in [0.717, 1.165) is 4.57 Å². The van der Waals surface area contributed by atoms with E-state index >= 15 is 0 Å². The number of para-hydroxylation sites is 1. The van der Waals surface area contributed by atoms with E-state index in [1.807, 2.05) is 0 Å². The molecule has 0 unspecified atom stereocenters. The first-order valence-corrected chi connectivity index (χ1v) is 9.97. The van der Waals surface area contributed by atoms with E-state index in [1.54, 1.807) is 24.3 Å². The van der Waals surface area contributed by atoms with Crippen LogP contribution in [0.4, 0.5) is 4.39 Å². The maximum atomic E-state index is 13.0. The number of halogens is 1. The summed E-state index contributed by atoms with van der Waals surface area (Å²) >= 11 is 0. The molecule has 0 atom stereocenters. The number of H-pyrrole nitrogens is 1. The molecule has 164 valence electrons. The van der Waals surface area contributed by atoms with Gasteiger partial charge in [0.2, 0.25) is 11.7 Å². The average molecular weight is 438 g/mol. The number of benzene rings is 2. The van der Waals surface area contributed by atoms with E-state index in [4.69, 9.17) is 9.26 Å². The lowest BCUT2D eigenvalue weighted by Crippen LogP contribution is -2.35. The summed E-state index contributed by atoms with van der Waals surface area (Å²) in [5, 5.41) is 4.24. The van der Waals surface area contributed by atoms with Crippen molar-refractivity contribution in [3.63, 3.8) is 0 Å². The Hall–Kier alpha value is -4.08. The van der Waals surface area contributed by atoms with Crippen LogP contribution < -0.4 is 11.2 Å². The Labute approximate surface area is 180 Å². The van der Waals surface area contributed by atoms with Gasteiger partial charge in [-0.1, -0.05) is 17.3 Å². The molecule has 0 aliphatic carbocycles. The molecule has 0 fully saturated rings. The van der Waals surface area contributed by atoms with Crippen molar-refractivity contribution >= 4 is 16.9 Å². The minimum absolute atomic E-state index is 0.0293. The largest absolute Gasteiger partial charge is 0.466 e. The van der Waals surface area contributed by atoms with Crippen LogP contribution in [0.5, 0.6) is 0 Å². The number of carbonyl (C=O) groups excluding carboxylic acids is 1. The van der Waals surface area contributed by atoms with Crippen LogP contribution in [0.3, 0.4) is 0 Å². The van der Waals surface area contributed by atoms with Crippen molar-refractivity contribution in [2.75, 3.05) is 6.61 Å². The quantitative estimate of drug-likeness (QED) is 0.331. The molecule has 0 bridgehead atoms. The van der Waals surface area contributed by atoms with Crippen molar-refractivity contribution in [3.8, 4) is 11.4 Å². The summed E-state index contributed by atoms with van der Waals surface area (Å²) in [7, 11) is 0. The molecule has 0 saturated heterocycles. The van der Waals surface area contributed by atoms with Crippen LogP contribution in [0.25, 0.3) is 22.3 Å². The first kappa shape index (κ1) is 21.2. The van der Waals surface area contributed by atoms with E-state index in [-0.39, 0.29) is 43.3 Å². The lowest BCUT2D eigenvalue weighted by atomic mass is 10.2. The number of nitrogens with one attached hydrogen (secondary N) is 1. The van der Waals surface area contributed by atoms with E-state index < -0.39 is 11.7 Å². The number of ether oxygens (including phenoxy) is 1. The third kappa shape index (κ3) is 4.80. The fourth-order valence-electron chi connectivity index (χ4n) is 3.16. The van der Waals surface area contributed by atoms with E-state index in [9.17, 15) is 18.8 Å². The maximum absolute atomic E-state index is 13.0. The van der Waals surface area contributed by atoms with Crippen molar-refractivity contribution < 1.29 is 18.4 Å². The topological polar surface area (TPSA) is 120 Å². The third-order valence-electron chi connectivity index (χ3n) is 4.79. The Balaban J connectivity index is 1.25. The molecule has 9 nitrogen and oxygen atoms in total. The molecule has 0 aliphatic rings. The Morgan fingerprint density at radius 2 is 1.91 bits per heavy atom. The zero-order valence-corrected chi connectivity index (χ0v) is 16.9. The van der Waals surface area contributed by atoms with Gasteiger partial charge < -0.3 is 14.2 Å². The highest BCUT2D eigenvalue weighted by atomic mass is 19.1. The molecular formula is C22H19FN4O5. The van der Waals surface area contributed by atoms with Gasteiger partial charge in [0.05, 0.1) is 23.9 Å². The van der Waals surface area contributed by atoms with E-state index in [1.165, 1.54) is 24.3 Å². The lowest BCUT2D eigenvalue weighted by Gasteiger charge is -2.07. The molecule has 10 heteroatoms. The number of nitrogens with zero attached hydrogens (tertiary/aromatic N) is 3. The summed E-state index contributed by atoms with van der Waals surface area (Å²) < 4.78 is 24.3. The fraction of sp³-hybridized carbons (Fsp3) is 0.227. The number of carbonyl (C=O) groups is 1. The van der Waals surface area contributed by atoms with Gasteiger partial charge in [-0.15, -0.1) is 0 Å². The third-order valence-corrected chi connectivity index (χ3v) is 4.79. The van der Waals surface area contributed by atoms with Crippen molar-refractivity contribution in [1.82, 2.24) is 19.7 Å². The molecule has 2 aromatic carbocycles. The molecule has 0 saturated carbocycles. The van der Waals surface area contributed by atoms with Gasteiger partial charge in [0.15, 0.2) is 0 Å². The summed E-state index contributed by atoms with van der Waals surface area (Å²) in [6.45, 7) is 0.180. The first-order chi connectivity index (χ1) is 15.5. The highest BCUT2D eigenvalue weighted by Crippen LogP contribution is 2.16. The van der Waals surface area contributed by atoms with Crippen molar-refractivity contribution in [1.29, 1.82) is 0 Å². The number of aromatic nitrogens is 4. The van der Waals surface area contributed by atoms with Gasteiger partial charge in [-0.25, -0.2) is 9.18 Å². The highest BCUT2D eigenvalue weighted by molar-refractivity contribution is 5.76. The number of hydrogen-bond acceptors (Lipinski definition) is 7. The predicted octanol–water partition coefficient (Wildman–Crippen LogP) is 2.45.